The highest BCUT2D eigenvalue weighted by molar-refractivity contribution is 5.90. The summed E-state index contributed by atoms with van der Waals surface area (Å²) in [6, 6.07) is 1.58. The van der Waals surface area contributed by atoms with E-state index in [0.717, 1.165) is 25.2 Å². The monoisotopic (exact) mass is 335 g/mol. The molecule has 132 valence electrons. The molecule has 2 N–H and O–H groups in total. The van der Waals surface area contributed by atoms with E-state index in [-0.39, 0.29) is 17.4 Å². The van der Waals surface area contributed by atoms with Crippen LogP contribution in [0.4, 0.5) is 5.69 Å². The quantitative estimate of drug-likeness (QED) is 0.766. The van der Waals surface area contributed by atoms with E-state index < -0.39 is 5.54 Å². The Labute approximate surface area is 141 Å². The Bertz CT molecular complexity index is 683. The standard InChI is InChI=1S/C16H25N5O3/c1-11(22)19-16(2,3)15(24)17-8-12-5-6-21(10-12)13-7-14(23)20(4)18-9-13/h7,9,12H,5-6,8,10H2,1-4H3,(H,17,24)(H,19,22)/t12-/m1/s1. The molecule has 2 amide bonds. The third-order valence-electron chi connectivity index (χ3n) is 4.21. The van der Waals surface area contributed by atoms with Crippen LogP contribution >= 0.6 is 0 Å². The molecule has 24 heavy (non-hydrogen) atoms. The van der Waals surface area contributed by atoms with Crippen molar-refractivity contribution in [2.45, 2.75) is 32.7 Å². The lowest BCUT2D eigenvalue weighted by Gasteiger charge is -2.25. The van der Waals surface area contributed by atoms with Crippen LogP contribution in [0.25, 0.3) is 0 Å². The number of amides is 2. The Kier molecular flexibility index (Phi) is 5.26. The number of nitrogens with one attached hydrogen (secondary N) is 2. The van der Waals surface area contributed by atoms with Crippen molar-refractivity contribution in [1.82, 2.24) is 20.4 Å². The molecule has 0 aliphatic carbocycles. The number of nitrogens with zero attached hydrogens (tertiary/aromatic N) is 3. The largest absolute Gasteiger partial charge is 0.370 e. The van der Waals surface area contributed by atoms with Crippen molar-refractivity contribution in [3.63, 3.8) is 0 Å². The topological polar surface area (TPSA) is 96.3 Å². The third-order valence-corrected chi connectivity index (χ3v) is 4.21. The second-order valence-corrected chi connectivity index (χ2v) is 6.79. The Morgan fingerprint density at radius 1 is 1.42 bits per heavy atom. The second kappa shape index (κ2) is 7.02. The van der Waals surface area contributed by atoms with Gasteiger partial charge in [-0.25, -0.2) is 4.68 Å². The van der Waals surface area contributed by atoms with Gasteiger partial charge < -0.3 is 15.5 Å². The molecule has 2 heterocycles. The highest BCUT2D eigenvalue weighted by atomic mass is 16.2. The average molecular weight is 335 g/mol. The highest BCUT2D eigenvalue weighted by Gasteiger charge is 2.30. The molecule has 8 heteroatoms. The Morgan fingerprint density at radius 2 is 2.12 bits per heavy atom. The lowest BCUT2D eigenvalue weighted by molar-refractivity contribution is -0.131. The smallest absolute Gasteiger partial charge is 0.268 e. The number of aryl methyl sites for hydroxylation is 1. The maximum atomic E-state index is 12.2. The number of carbonyl (C=O) groups is 2. The van der Waals surface area contributed by atoms with Gasteiger partial charge >= 0.3 is 0 Å². The van der Waals surface area contributed by atoms with Crippen molar-refractivity contribution < 1.29 is 9.59 Å². The van der Waals surface area contributed by atoms with E-state index >= 15 is 0 Å². The average Bonchev–Trinajstić information content (AvgIpc) is 2.95. The molecule has 2 rings (SSSR count). The van der Waals surface area contributed by atoms with Gasteiger partial charge in [0.15, 0.2) is 0 Å². The minimum Gasteiger partial charge on any atom is -0.370 e. The van der Waals surface area contributed by atoms with Crippen LogP contribution in [0, 0.1) is 5.92 Å². The van der Waals surface area contributed by atoms with E-state index in [0.29, 0.717) is 12.5 Å². The van der Waals surface area contributed by atoms with Gasteiger partial charge in [0.1, 0.15) is 5.54 Å². The first-order valence-corrected chi connectivity index (χ1v) is 8.04. The minimum absolute atomic E-state index is 0.138. The van der Waals surface area contributed by atoms with Crippen molar-refractivity contribution in [3.05, 3.63) is 22.6 Å². The number of aromatic nitrogens is 2. The SMILES string of the molecule is CC(=O)NC(C)(C)C(=O)NC[C@H]1CCN(c2cnn(C)c(=O)c2)C1. The first kappa shape index (κ1) is 18.0. The van der Waals surface area contributed by atoms with Crippen LogP contribution in [0.15, 0.2) is 17.1 Å². The van der Waals surface area contributed by atoms with E-state index in [9.17, 15) is 14.4 Å². The van der Waals surface area contributed by atoms with Crippen molar-refractivity contribution in [1.29, 1.82) is 0 Å². The summed E-state index contributed by atoms with van der Waals surface area (Å²) in [6.07, 6.45) is 2.61. The number of carbonyl (C=O) groups excluding carboxylic acids is 2. The van der Waals surface area contributed by atoms with Gasteiger partial charge in [-0.2, -0.15) is 5.10 Å². The number of hydrogen-bond donors (Lipinski definition) is 2. The summed E-state index contributed by atoms with van der Waals surface area (Å²) in [4.78, 5) is 37.1. The molecule has 1 aromatic heterocycles. The fourth-order valence-corrected chi connectivity index (χ4v) is 2.82. The Balaban J connectivity index is 1.88. The van der Waals surface area contributed by atoms with Crippen molar-refractivity contribution in [3.8, 4) is 0 Å². The summed E-state index contributed by atoms with van der Waals surface area (Å²) in [5.74, 6) is -0.141. The van der Waals surface area contributed by atoms with Gasteiger partial charge in [0, 0.05) is 39.7 Å². The molecule has 0 aromatic carbocycles. The molecule has 0 bridgehead atoms. The summed E-state index contributed by atoms with van der Waals surface area (Å²) < 4.78 is 1.29. The van der Waals surface area contributed by atoms with Crippen molar-refractivity contribution in [2.24, 2.45) is 13.0 Å². The fraction of sp³-hybridized carbons (Fsp3) is 0.625. The predicted molar refractivity (Wildman–Crippen MR) is 90.7 cm³/mol. The summed E-state index contributed by atoms with van der Waals surface area (Å²) in [5.41, 5.74) is -0.258. The maximum Gasteiger partial charge on any atom is 0.268 e. The number of rotatable bonds is 5. The number of hydrogen-bond acceptors (Lipinski definition) is 5. The van der Waals surface area contributed by atoms with Gasteiger partial charge in [0.05, 0.1) is 11.9 Å². The summed E-state index contributed by atoms with van der Waals surface area (Å²) in [6.45, 7) is 6.87. The molecule has 8 nitrogen and oxygen atoms in total. The molecule has 0 saturated carbocycles. The van der Waals surface area contributed by atoms with Crippen LogP contribution in [0.5, 0.6) is 0 Å². The van der Waals surface area contributed by atoms with Crippen LogP contribution in [0.2, 0.25) is 0 Å². The zero-order valence-electron chi connectivity index (χ0n) is 14.6. The van der Waals surface area contributed by atoms with Crippen LogP contribution in [0.3, 0.4) is 0 Å². The van der Waals surface area contributed by atoms with Crippen LogP contribution in [-0.2, 0) is 16.6 Å². The number of anilines is 1. The molecule has 1 aliphatic heterocycles. The summed E-state index contributed by atoms with van der Waals surface area (Å²) in [5, 5.41) is 9.57. The third kappa shape index (κ3) is 4.33. The van der Waals surface area contributed by atoms with Gasteiger partial charge in [0.2, 0.25) is 11.8 Å². The molecule has 1 fully saturated rings. The van der Waals surface area contributed by atoms with E-state index in [1.807, 2.05) is 0 Å². The molecule has 0 radical (unpaired) electrons. The van der Waals surface area contributed by atoms with Gasteiger partial charge in [-0.3, -0.25) is 14.4 Å². The second-order valence-electron chi connectivity index (χ2n) is 6.79. The molecule has 1 saturated heterocycles. The Hall–Kier alpha value is -2.38. The molecular formula is C16H25N5O3. The summed E-state index contributed by atoms with van der Waals surface area (Å²) in [7, 11) is 1.62. The molecule has 1 aromatic rings. The normalized spacial score (nSPS) is 17.7. The van der Waals surface area contributed by atoms with E-state index in [4.69, 9.17) is 0 Å². The Morgan fingerprint density at radius 3 is 2.75 bits per heavy atom. The van der Waals surface area contributed by atoms with Gasteiger partial charge in [-0.15, -0.1) is 0 Å². The van der Waals surface area contributed by atoms with Gasteiger partial charge in [-0.05, 0) is 26.2 Å². The lowest BCUT2D eigenvalue weighted by Crippen LogP contribution is -2.54. The minimum atomic E-state index is -0.931. The summed E-state index contributed by atoms with van der Waals surface area (Å²) >= 11 is 0. The van der Waals surface area contributed by atoms with Crippen LogP contribution in [0.1, 0.15) is 27.2 Å². The van der Waals surface area contributed by atoms with Crippen molar-refractivity contribution >= 4 is 17.5 Å². The zero-order chi connectivity index (χ0) is 17.9. The maximum absolute atomic E-state index is 12.2. The molecular weight excluding hydrogens is 310 g/mol. The van der Waals surface area contributed by atoms with E-state index in [1.165, 1.54) is 11.6 Å². The highest BCUT2D eigenvalue weighted by Crippen LogP contribution is 2.21. The van der Waals surface area contributed by atoms with Crippen LogP contribution < -0.4 is 21.1 Å². The van der Waals surface area contributed by atoms with E-state index in [2.05, 4.69) is 20.6 Å². The fourth-order valence-electron chi connectivity index (χ4n) is 2.82. The van der Waals surface area contributed by atoms with Crippen molar-refractivity contribution in [2.75, 3.05) is 24.5 Å². The van der Waals surface area contributed by atoms with E-state index in [1.54, 1.807) is 33.2 Å². The van der Waals surface area contributed by atoms with Gasteiger partial charge in [-0.1, -0.05) is 0 Å². The molecule has 1 aliphatic rings. The first-order valence-electron chi connectivity index (χ1n) is 8.04. The predicted octanol–water partition coefficient (Wildman–Crippen LogP) is -0.362. The van der Waals surface area contributed by atoms with Crippen LogP contribution in [-0.4, -0.2) is 46.8 Å². The molecule has 1 atom stereocenters. The van der Waals surface area contributed by atoms with Gasteiger partial charge in [0.25, 0.3) is 5.56 Å². The zero-order valence-corrected chi connectivity index (χ0v) is 14.6. The first-order chi connectivity index (χ1) is 11.2. The molecule has 0 spiro atoms. The molecule has 0 unspecified atom stereocenters. The lowest BCUT2D eigenvalue weighted by atomic mass is 10.0.